The van der Waals surface area contributed by atoms with Crippen molar-refractivity contribution in [3.63, 3.8) is 0 Å². The summed E-state index contributed by atoms with van der Waals surface area (Å²) in [4.78, 5) is 215. The Morgan fingerprint density at radius 2 is 0.589 bits per heavy atom. The minimum absolute atomic E-state index is 0.0953. The number of nitrogens with one attached hydrogen (secondary N) is 10. The highest BCUT2D eigenvalue weighted by atomic mass is 16.8. The number of carbonyl (C=O) groups is 17. The van der Waals surface area contributed by atoms with Gasteiger partial charge in [0.05, 0.1) is 79.3 Å². The lowest BCUT2D eigenvalue weighted by molar-refractivity contribution is -0.251. The first-order valence-electron chi connectivity index (χ1n) is 48.8. The Kier molecular flexibility index (Phi) is 52.6. The van der Waals surface area contributed by atoms with Gasteiger partial charge in [0, 0.05) is 173 Å². The van der Waals surface area contributed by atoms with Crippen LogP contribution in [0.15, 0.2) is 30.3 Å². The molecule has 141 heavy (non-hydrogen) atoms. The quantitative estimate of drug-likeness (QED) is 0.0252. The number of ether oxygens (including phenoxy) is 19. The van der Waals surface area contributed by atoms with Crippen LogP contribution in [0, 0.1) is 0 Å². The maximum Gasteiger partial charge on any atom is 0.306 e. The monoisotopic (exact) mass is 2010 g/mol. The van der Waals surface area contributed by atoms with Crippen LogP contribution in [0.2, 0.25) is 0 Å². The fraction of sp³-hybridized carbons (Fsp3) is 0.758. The van der Waals surface area contributed by atoms with Crippen LogP contribution in [0.3, 0.4) is 0 Å². The summed E-state index contributed by atoms with van der Waals surface area (Å²) in [5.74, 6) is -7.90. The Labute approximate surface area is 821 Å². The molecule has 1 aromatic carbocycles. The number of unbranched alkanes of at least 4 members (excludes halogenated alkanes) is 10. The first kappa shape index (κ1) is 118. The van der Waals surface area contributed by atoms with Crippen molar-refractivity contribution in [3.8, 4) is 0 Å². The molecule has 46 heteroatoms. The molecule has 0 aromatic heterocycles. The van der Waals surface area contributed by atoms with E-state index in [9.17, 15) is 81.5 Å². The van der Waals surface area contributed by atoms with Gasteiger partial charge in [0.1, 0.15) is 30.3 Å². The lowest BCUT2D eigenvalue weighted by Gasteiger charge is -2.45. The van der Waals surface area contributed by atoms with E-state index in [-0.39, 0.29) is 237 Å². The molecule has 1 aromatic rings. The van der Waals surface area contributed by atoms with Crippen molar-refractivity contribution in [3.05, 3.63) is 35.9 Å². The van der Waals surface area contributed by atoms with E-state index in [1.807, 2.05) is 30.3 Å². The van der Waals surface area contributed by atoms with E-state index < -0.39 is 149 Å². The van der Waals surface area contributed by atoms with Crippen molar-refractivity contribution in [2.24, 2.45) is 0 Å². The van der Waals surface area contributed by atoms with Gasteiger partial charge < -0.3 is 143 Å². The predicted molar refractivity (Wildman–Crippen MR) is 492 cm³/mol. The van der Waals surface area contributed by atoms with Crippen LogP contribution < -0.4 is 53.2 Å². The second-order valence-electron chi connectivity index (χ2n) is 36.0. The van der Waals surface area contributed by atoms with Crippen LogP contribution in [-0.4, -0.2) is 335 Å². The lowest BCUT2D eigenvalue weighted by Crippen LogP contribution is -2.68. The Balaban J connectivity index is 0.872. The number of amides is 10. The molecule has 6 heterocycles. The van der Waals surface area contributed by atoms with Gasteiger partial charge in [-0.25, -0.2) is 0 Å². The van der Waals surface area contributed by atoms with Crippen LogP contribution in [0.1, 0.15) is 228 Å². The second-order valence-corrected chi connectivity index (χ2v) is 36.0. The van der Waals surface area contributed by atoms with Gasteiger partial charge in [-0.2, -0.15) is 0 Å². The molecule has 0 unspecified atom stereocenters. The molecule has 0 aliphatic carbocycles. The van der Waals surface area contributed by atoms with Gasteiger partial charge in [-0.3, -0.25) is 81.5 Å². The van der Waals surface area contributed by atoms with Crippen LogP contribution in [0.4, 0.5) is 0 Å². The SMILES string of the molecule is CC(=O)N[C@H]1[C@H]2OC[C@](COCCCCC(=O)NCCCNC(=O)CCOCC(COCCC(=O)NCCCNC(=O)CCCCOC[C@@]34CO[C@@H](O3)[C@H](NC(C)=O)[C@@H](OC(C)=O)[C@H]4OC(C)=O)(COCCC(=O)NCCCNC(=O)CCCCOC[C@@]34CO[C@@H](O3)[C@H](NC(C)=O)[C@@H](OC(C)=O)[C@H]4OC(C)=O)NC(=O)CCCCCCCCCCC(=O)OCc3ccccc3)(O2)[C@H](OC(C)=O)[C@@H]1OC(C)=O. The summed E-state index contributed by atoms with van der Waals surface area (Å²) in [5.41, 5.74) is -4.61. The molecule has 6 bridgehead atoms. The third kappa shape index (κ3) is 43.1. The van der Waals surface area contributed by atoms with Crippen molar-refractivity contribution in [2.45, 2.75) is 325 Å². The van der Waals surface area contributed by atoms with E-state index in [0.717, 1.165) is 44.1 Å². The second kappa shape index (κ2) is 63.0. The van der Waals surface area contributed by atoms with E-state index >= 15 is 0 Å². The molecule has 0 radical (unpaired) electrons. The number of esters is 7. The summed E-state index contributed by atoms with van der Waals surface area (Å²) in [7, 11) is 0. The molecule has 7 rings (SSSR count). The molecule has 15 atom stereocenters. The number of hydrogen-bond donors (Lipinski definition) is 10. The van der Waals surface area contributed by atoms with Gasteiger partial charge in [-0.05, 0) is 76.2 Å². The van der Waals surface area contributed by atoms with Crippen molar-refractivity contribution in [1.29, 1.82) is 0 Å². The van der Waals surface area contributed by atoms with Crippen LogP contribution >= 0.6 is 0 Å². The zero-order chi connectivity index (χ0) is 103. The molecule has 6 aliphatic rings. The summed E-state index contributed by atoms with van der Waals surface area (Å²) in [6, 6.07) is 6.54. The van der Waals surface area contributed by atoms with Crippen molar-refractivity contribution >= 4 is 101 Å². The molecule has 46 nitrogen and oxygen atoms in total. The van der Waals surface area contributed by atoms with E-state index in [2.05, 4.69) is 53.2 Å². The molecule has 0 spiro atoms. The highest BCUT2D eigenvalue weighted by molar-refractivity contribution is 5.80. The molecule has 6 aliphatic heterocycles. The molecule has 6 saturated heterocycles. The Morgan fingerprint density at radius 3 is 0.887 bits per heavy atom. The first-order chi connectivity index (χ1) is 67.5. The lowest BCUT2D eigenvalue weighted by atomic mass is 9.87. The standard InChI is InChI=1S/C95H148N10O36/c1-62(106)102-80-83(133-65(4)109)86(136-68(7)112)93(59-130-89(80)139-93)56-123-46-24-21-32-72(115)96-40-27-43-99-75(118)37-49-126-53-92(105-78(121)35-19-14-12-10-11-13-15-20-36-79(122)129-52-71-30-17-16-18-31-71,54-127-50-38-76(119)100-44-28-41-97-73(116)33-22-25-47-124-57-94-60-131-90(140-94)81(103-63(2)107)84(134-66(5)110)87(94)137-69(8)113)55-128-51-39-77(120)101-45-29-42-98-74(117)34-23-26-48-125-58-95-61-132-91(141-95)82(104-64(3)108)85(135-67(6)111)88(95)138-70(9)114/h16-18,30-31,80-91H,10-15,19-29,32-61H2,1-9H3,(H,96,115)(H,97,116)(H,98,117)(H,99,118)(H,100,119)(H,101,120)(H,102,106)(H,103,107)(H,104,108)(H,105,121)/t80-,81-,82-,83-,84-,85-,86-,87-,88-,89+,90+,91+,93+,94+,95+/m1/s1. The number of benzene rings is 1. The topological polar surface area (TPSA) is 586 Å². The normalized spacial score (nSPS) is 23.4. The highest BCUT2D eigenvalue weighted by Crippen LogP contribution is 2.44. The largest absolute Gasteiger partial charge is 0.461 e. The maximum absolute atomic E-state index is 14.2. The van der Waals surface area contributed by atoms with E-state index in [0.29, 0.717) is 77.0 Å². The van der Waals surface area contributed by atoms with Crippen LogP contribution in [-0.2, 0) is 178 Å². The molecule has 794 valence electrons. The maximum atomic E-state index is 14.2. The Hall–Kier alpha value is -10.3. The van der Waals surface area contributed by atoms with Crippen LogP contribution in [0.5, 0.6) is 0 Å². The smallest absolute Gasteiger partial charge is 0.306 e. The average molecular weight is 2010 g/mol. The zero-order valence-electron chi connectivity index (χ0n) is 82.7. The summed E-state index contributed by atoms with van der Waals surface area (Å²) in [5, 5.41) is 28.1. The number of hydrogen-bond acceptors (Lipinski definition) is 36. The van der Waals surface area contributed by atoms with Gasteiger partial charge in [0.25, 0.3) is 0 Å². The average Bonchev–Trinajstić information content (AvgIpc) is 1.61. The van der Waals surface area contributed by atoms with E-state index in [4.69, 9.17) is 90.0 Å². The highest BCUT2D eigenvalue weighted by Gasteiger charge is 2.66. The van der Waals surface area contributed by atoms with Crippen LogP contribution in [0.25, 0.3) is 0 Å². The molecular formula is C95H148N10O36. The van der Waals surface area contributed by atoms with Crippen molar-refractivity contribution in [1.82, 2.24) is 53.2 Å². The number of rotatable bonds is 71. The Morgan fingerprint density at radius 1 is 0.312 bits per heavy atom. The minimum atomic E-state index is -1.44. The fourth-order valence-corrected chi connectivity index (χ4v) is 16.8. The van der Waals surface area contributed by atoms with Crippen molar-refractivity contribution < 1.29 is 172 Å². The third-order valence-electron chi connectivity index (χ3n) is 23.4. The van der Waals surface area contributed by atoms with Gasteiger partial charge in [0.15, 0.2) is 72.3 Å². The molecular weight excluding hydrogens is 1860 g/mol. The molecule has 6 fully saturated rings. The van der Waals surface area contributed by atoms with Gasteiger partial charge in [-0.15, -0.1) is 0 Å². The summed E-state index contributed by atoms with van der Waals surface area (Å²) < 4.78 is 111. The molecule has 0 saturated carbocycles. The summed E-state index contributed by atoms with van der Waals surface area (Å²) in [6.07, 6.45) is 0.749. The molecule has 10 amide bonds. The van der Waals surface area contributed by atoms with Crippen molar-refractivity contribution in [2.75, 3.05) is 138 Å². The van der Waals surface area contributed by atoms with E-state index in [1.54, 1.807) is 0 Å². The van der Waals surface area contributed by atoms with Gasteiger partial charge in [-0.1, -0.05) is 68.9 Å². The van der Waals surface area contributed by atoms with Gasteiger partial charge in [0.2, 0.25) is 59.1 Å². The fourth-order valence-electron chi connectivity index (χ4n) is 16.8. The third-order valence-corrected chi connectivity index (χ3v) is 23.4. The van der Waals surface area contributed by atoms with E-state index in [1.165, 1.54) is 62.3 Å². The molecule has 10 N–H and O–H groups in total. The summed E-state index contributed by atoms with van der Waals surface area (Å²) >= 11 is 0. The zero-order valence-corrected chi connectivity index (χ0v) is 82.7. The Bertz CT molecular complexity index is 3840. The number of fused-ring (bicyclic) bond motifs is 6. The number of carbonyl (C=O) groups excluding carboxylic acids is 17. The predicted octanol–water partition coefficient (Wildman–Crippen LogP) is 1.61. The van der Waals surface area contributed by atoms with Gasteiger partial charge >= 0.3 is 41.8 Å². The summed E-state index contributed by atoms with van der Waals surface area (Å²) in [6.45, 7) is 11.2. The minimum Gasteiger partial charge on any atom is -0.461 e. The first-order valence-corrected chi connectivity index (χ1v) is 48.8.